The number of nitrogens with zero attached hydrogens (tertiary/aromatic N) is 2. The highest BCUT2D eigenvalue weighted by Crippen LogP contribution is 2.42. The molecule has 0 atom stereocenters. The maximum atomic E-state index is 12.7. The van der Waals surface area contributed by atoms with Gasteiger partial charge in [0, 0.05) is 32.6 Å². The lowest BCUT2D eigenvalue weighted by Crippen LogP contribution is -2.44. The van der Waals surface area contributed by atoms with Crippen LogP contribution in [0.4, 0.5) is 0 Å². The molecule has 2 fully saturated rings. The summed E-state index contributed by atoms with van der Waals surface area (Å²) in [4.78, 5) is 13.9. The first kappa shape index (κ1) is 16.0. The van der Waals surface area contributed by atoms with Crippen molar-refractivity contribution in [2.45, 2.75) is 37.3 Å². The van der Waals surface area contributed by atoms with Gasteiger partial charge in [0.2, 0.25) is 5.91 Å². The van der Waals surface area contributed by atoms with Gasteiger partial charge in [0.05, 0.1) is 0 Å². The second kappa shape index (κ2) is 5.62. The molecule has 2 saturated heterocycles. The molecule has 3 heterocycles. The molecule has 3 rings (SSSR count). The van der Waals surface area contributed by atoms with Gasteiger partial charge in [-0.2, -0.15) is 4.31 Å². The zero-order valence-corrected chi connectivity index (χ0v) is 14.7. The predicted molar refractivity (Wildman–Crippen MR) is 86.4 cm³/mol. The number of carbonyl (C=O) groups is 1. The van der Waals surface area contributed by atoms with Gasteiger partial charge in [0.1, 0.15) is 4.21 Å². The minimum Gasteiger partial charge on any atom is -0.342 e. The molecule has 122 valence electrons. The summed E-state index contributed by atoms with van der Waals surface area (Å²) < 4.78 is 27.5. The number of piperidine rings is 1. The third-order valence-electron chi connectivity index (χ3n) is 4.96. The molecule has 1 aromatic rings. The molecular weight excluding hydrogens is 320 g/mol. The molecule has 0 unspecified atom stereocenters. The fraction of sp³-hybridized carbons (Fsp3) is 0.667. The summed E-state index contributed by atoms with van der Waals surface area (Å²) >= 11 is 1.29. The summed E-state index contributed by atoms with van der Waals surface area (Å²) in [7, 11) is -3.37. The Labute approximate surface area is 136 Å². The van der Waals surface area contributed by atoms with E-state index < -0.39 is 10.0 Å². The van der Waals surface area contributed by atoms with Gasteiger partial charge in [-0.3, -0.25) is 4.79 Å². The van der Waals surface area contributed by atoms with Crippen molar-refractivity contribution in [1.29, 1.82) is 0 Å². The molecule has 22 heavy (non-hydrogen) atoms. The van der Waals surface area contributed by atoms with Crippen LogP contribution in [-0.4, -0.2) is 49.7 Å². The van der Waals surface area contributed by atoms with Crippen molar-refractivity contribution in [2.75, 3.05) is 26.2 Å². The summed E-state index contributed by atoms with van der Waals surface area (Å²) in [5, 5.41) is 1.82. The van der Waals surface area contributed by atoms with E-state index in [2.05, 4.69) is 0 Å². The Bertz CT molecular complexity index is 673. The summed E-state index contributed by atoms with van der Waals surface area (Å²) in [5.74, 6) is 0.216. The Balaban J connectivity index is 1.73. The van der Waals surface area contributed by atoms with E-state index in [1.165, 1.54) is 11.3 Å². The highest BCUT2D eigenvalue weighted by molar-refractivity contribution is 7.91. The third kappa shape index (κ3) is 2.59. The zero-order chi connectivity index (χ0) is 16.0. The second-order valence-corrected chi connectivity index (χ2v) is 9.43. The van der Waals surface area contributed by atoms with Gasteiger partial charge in [-0.1, -0.05) is 0 Å². The molecule has 0 saturated carbocycles. The van der Waals surface area contributed by atoms with E-state index in [-0.39, 0.29) is 11.3 Å². The van der Waals surface area contributed by atoms with E-state index in [0.717, 1.165) is 31.5 Å². The quantitative estimate of drug-likeness (QED) is 0.845. The maximum absolute atomic E-state index is 12.7. The van der Waals surface area contributed by atoms with Crippen LogP contribution < -0.4 is 0 Å². The normalized spacial score (nSPS) is 22.6. The van der Waals surface area contributed by atoms with Gasteiger partial charge in [-0.05, 0) is 49.1 Å². The van der Waals surface area contributed by atoms with Crippen molar-refractivity contribution < 1.29 is 13.2 Å². The number of sulfonamides is 1. The summed E-state index contributed by atoms with van der Waals surface area (Å²) in [6, 6.07) is 1.84. The van der Waals surface area contributed by atoms with Crippen LogP contribution in [-0.2, 0) is 14.8 Å². The number of carbonyl (C=O) groups excluding carboxylic acids is 1. The molecule has 2 aliphatic heterocycles. The highest BCUT2D eigenvalue weighted by atomic mass is 32.2. The summed E-state index contributed by atoms with van der Waals surface area (Å²) in [5.41, 5.74) is 0.808. The van der Waals surface area contributed by atoms with Gasteiger partial charge in [0.15, 0.2) is 0 Å². The molecule has 1 aromatic heterocycles. The number of likely N-dealkylation sites (tertiary alicyclic amines) is 1. The van der Waals surface area contributed by atoms with Gasteiger partial charge < -0.3 is 4.90 Å². The molecule has 0 radical (unpaired) electrons. The average molecular weight is 342 g/mol. The third-order valence-corrected chi connectivity index (χ3v) is 8.52. The molecule has 0 aromatic carbocycles. The molecule has 1 amide bonds. The van der Waals surface area contributed by atoms with Gasteiger partial charge >= 0.3 is 0 Å². The van der Waals surface area contributed by atoms with Crippen molar-refractivity contribution in [2.24, 2.45) is 5.41 Å². The van der Waals surface area contributed by atoms with Crippen LogP contribution in [0.15, 0.2) is 15.7 Å². The van der Waals surface area contributed by atoms with Crippen molar-refractivity contribution in [1.82, 2.24) is 9.21 Å². The summed E-state index contributed by atoms with van der Waals surface area (Å²) in [6.07, 6.45) is 2.13. The molecule has 7 heteroatoms. The van der Waals surface area contributed by atoms with E-state index >= 15 is 0 Å². The Kier molecular flexibility index (Phi) is 4.07. The van der Waals surface area contributed by atoms with Crippen molar-refractivity contribution in [3.8, 4) is 0 Å². The van der Waals surface area contributed by atoms with Gasteiger partial charge in [-0.15, -0.1) is 11.3 Å². The molecule has 2 aliphatic rings. The monoisotopic (exact) mass is 342 g/mol. The first-order valence-corrected chi connectivity index (χ1v) is 10.0. The van der Waals surface area contributed by atoms with Crippen LogP contribution in [0.5, 0.6) is 0 Å². The maximum Gasteiger partial charge on any atom is 0.252 e. The van der Waals surface area contributed by atoms with E-state index in [0.29, 0.717) is 23.7 Å². The number of thiophene rings is 1. The Hall–Kier alpha value is -0.920. The molecule has 1 spiro atoms. The first-order valence-electron chi connectivity index (χ1n) is 7.70. The number of hydrogen-bond acceptors (Lipinski definition) is 4. The number of hydrogen-bond donors (Lipinski definition) is 0. The van der Waals surface area contributed by atoms with Gasteiger partial charge in [-0.25, -0.2) is 8.42 Å². The number of aryl methyl sites for hydroxylation is 1. The lowest BCUT2D eigenvalue weighted by atomic mass is 9.78. The topological polar surface area (TPSA) is 57.7 Å². The van der Waals surface area contributed by atoms with Crippen LogP contribution in [0.25, 0.3) is 0 Å². The molecule has 0 bridgehead atoms. The largest absolute Gasteiger partial charge is 0.342 e. The zero-order valence-electron chi connectivity index (χ0n) is 13.0. The molecule has 0 aliphatic carbocycles. The van der Waals surface area contributed by atoms with E-state index in [1.807, 2.05) is 30.2 Å². The average Bonchev–Trinajstić information content (AvgIpc) is 3.04. The minimum absolute atomic E-state index is 0.0103. The SMILES string of the molecule is CCN1CC2(CCN(S(=O)(=O)c3sccc3C)CC2)CC1=O. The van der Waals surface area contributed by atoms with Crippen LogP contribution in [0.2, 0.25) is 0 Å². The summed E-state index contributed by atoms with van der Waals surface area (Å²) in [6.45, 7) is 6.40. The fourth-order valence-corrected chi connectivity index (χ4v) is 6.54. The van der Waals surface area contributed by atoms with Crippen LogP contribution in [0, 0.1) is 12.3 Å². The van der Waals surface area contributed by atoms with E-state index in [4.69, 9.17) is 0 Å². The van der Waals surface area contributed by atoms with E-state index in [1.54, 1.807) is 4.31 Å². The lowest BCUT2D eigenvalue weighted by Gasteiger charge is -2.37. The molecule has 0 N–H and O–H groups in total. The van der Waals surface area contributed by atoms with Gasteiger partial charge in [0.25, 0.3) is 10.0 Å². The van der Waals surface area contributed by atoms with Crippen LogP contribution >= 0.6 is 11.3 Å². The van der Waals surface area contributed by atoms with Crippen molar-refractivity contribution >= 4 is 27.3 Å². The minimum atomic E-state index is -3.37. The van der Waals surface area contributed by atoms with Crippen molar-refractivity contribution in [3.05, 3.63) is 17.0 Å². The van der Waals surface area contributed by atoms with Crippen molar-refractivity contribution in [3.63, 3.8) is 0 Å². The van der Waals surface area contributed by atoms with Crippen LogP contribution in [0.1, 0.15) is 31.7 Å². The number of rotatable bonds is 3. The highest BCUT2D eigenvalue weighted by Gasteiger charge is 2.46. The fourth-order valence-electron chi connectivity index (χ4n) is 3.55. The Morgan fingerprint density at radius 2 is 2.00 bits per heavy atom. The first-order chi connectivity index (χ1) is 10.4. The van der Waals surface area contributed by atoms with E-state index in [9.17, 15) is 13.2 Å². The number of amides is 1. The Morgan fingerprint density at radius 3 is 2.50 bits per heavy atom. The Morgan fingerprint density at radius 1 is 1.32 bits per heavy atom. The standard InChI is InChI=1S/C15H22N2O3S2/c1-3-16-11-15(10-13(16)18)5-7-17(8-6-15)22(19,20)14-12(2)4-9-21-14/h4,9H,3,5-8,10-11H2,1-2H3. The molecule has 5 nitrogen and oxygen atoms in total. The van der Waals surface area contributed by atoms with Crippen LogP contribution in [0.3, 0.4) is 0 Å². The smallest absolute Gasteiger partial charge is 0.252 e. The second-order valence-electron chi connectivity index (χ2n) is 6.38. The lowest BCUT2D eigenvalue weighted by molar-refractivity contribution is -0.127. The predicted octanol–water partition coefficient (Wildman–Crippen LogP) is 2.08. The molecular formula is C15H22N2O3S2.